The average Bonchev–Trinajstić information content (AvgIpc) is 2.77. The van der Waals surface area contributed by atoms with Gasteiger partial charge in [-0.1, -0.05) is 30.3 Å². The minimum absolute atomic E-state index is 0.0683. The lowest BCUT2D eigenvalue weighted by Crippen LogP contribution is -2.32. The fourth-order valence-corrected chi connectivity index (χ4v) is 3.59. The van der Waals surface area contributed by atoms with Gasteiger partial charge in [-0.3, -0.25) is 14.4 Å². The van der Waals surface area contributed by atoms with Crippen LogP contribution in [-0.4, -0.2) is 33.3 Å². The Kier molecular flexibility index (Phi) is 10.5. The summed E-state index contributed by atoms with van der Waals surface area (Å²) in [6, 6.07) is 5.51. The zero-order valence-electron chi connectivity index (χ0n) is 19.0. The van der Waals surface area contributed by atoms with Crippen molar-refractivity contribution < 1.29 is 36.3 Å². The van der Waals surface area contributed by atoms with Crippen molar-refractivity contribution >= 4 is 81.3 Å². The highest BCUT2D eigenvalue weighted by atomic mass is 35.5. The number of anilines is 3. The molecule has 0 radical (unpaired) electrons. The molecule has 2 aromatic carbocycles. The van der Waals surface area contributed by atoms with Crippen molar-refractivity contribution in [2.24, 2.45) is 5.92 Å². The van der Waals surface area contributed by atoms with Crippen molar-refractivity contribution in [1.29, 1.82) is 0 Å². The zero-order valence-corrected chi connectivity index (χ0v) is 22.1. The highest BCUT2D eigenvalue weighted by Crippen LogP contribution is 2.32. The molecule has 0 aromatic heterocycles. The van der Waals surface area contributed by atoms with Crippen LogP contribution in [0.4, 0.5) is 39.0 Å². The van der Waals surface area contributed by atoms with Crippen molar-refractivity contribution in [3.8, 4) is 0 Å². The molecule has 0 aliphatic heterocycles. The van der Waals surface area contributed by atoms with Gasteiger partial charge in [-0.05, 0) is 37.3 Å². The van der Waals surface area contributed by atoms with Crippen LogP contribution in [0.5, 0.6) is 0 Å². The van der Waals surface area contributed by atoms with Crippen LogP contribution in [0.3, 0.4) is 0 Å². The first-order valence-electron chi connectivity index (χ1n) is 10.3. The number of thioether (sulfide) groups is 1. The molecular formula is C22H19Cl3F5N3O3S. The smallest absolute Gasteiger partial charge is 0.326 e. The highest BCUT2D eigenvalue weighted by molar-refractivity contribution is 8.00. The van der Waals surface area contributed by atoms with Crippen molar-refractivity contribution in [2.45, 2.75) is 30.1 Å². The van der Waals surface area contributed by atoms with Crippen LogP contribution in [0, 0.1) is 17.6 Å². The molecule has 0 fully saturated rings. The van der Waals surface area contributed by atoms with Crippen LogP contribution in [-0.2, 0) is 9.59 Å². The third kappa shape index (κ3) is 9.20. The van der Waals surface area contributed by atoms with Crippen molar-refractivity contribution in [3.05, 3.63) is 52.6 Å². The van der Waals surface area contributed by atoms with Gasteiger partial charge in [0.2, 0.25) is 11.8 Å². The Bertz CT molecular complexity index is 1190. The molecule has 0 bridgehead atoms. The van der Waals surface area contributed by atoms with E-state index < -0.39 is 80.4 Å². The van der Waals surface area contributed by atoms with Crippen molar-refractivity contribution in [2.75, 3.05) is 21.7 Å². The number of alkyl halides is 5. The summed E-state index contributed by atoms with van der Waals surface area (Å²) < 4.78 is 64.2. The summed E-state index contributed by atoms with van der Waals surface area (Å²) >= 11 is 17.5. The number of halogens is 8. The number of hydrogen-bond acceptors (Lipinski definition) is 4. The van der Waals surface area contributed by atoms with Crippen molar-refractivity contribution in [1.82, 2.24) is 0 Å². The molecule has 2 aromatic rings. The predicted molar refractivity (Wildman–Crippen MR) is 135 cm³/mol. The Labute approximate surface area is 227 Å². The molecule has 0 saturated heterocycles. The van der Waals surface area contributed by atoms with Crippen LogP contribution < -0.4 is 16.0 Å². The second kappa shape index (κ2) is 12.5. The van der Waals surface area contributed by atoms with Crippen LogP contribution in [0.25, 0.3) is 0 Å². The molecule has 0 saturated carbocycles. The maximum absolute atomic E-state index is 14.9. The van der Waals surface area contributed by atoms with Crippen molar-refractivity contribution in [3.63, 3.8) is 0 Å². The average molecular weight is 607 g/mol. The molecule has 3 N–H and O–H groups in total. The van der Waals surface area contributed by atoms with Gasteiger partial charge in [0.1, 0.15) is 15.8 Å². The van der Waals surface area contributed by atoms with Gasteiger partial charge in [0.05, 0.1) is 22.2 Å². The van der Waals surface area contributed by atoms with Gasteiger partial charge in [-0.25, -0.2) is 8.78 Å². The number of nitrogens with one attached hydrogen (secondary N) is 3. The molecule has 1 atom stereocenters. The Morgan fingerprint density at radius 2 is 1.68 bits per heavy atom. The maximum atomic E-state index is 14.9. The van der Waals surface area contributed by atoms with E-state index in [0.717, 1.165) is 12.1 Å². The summed E-state index contributed by atoms with van der Waals surface area (Å²) in [4.78, 5) is 37.0. The van der Waals surface area contributed by atoms with E-state index in [0.29, 0.717) is 0 Å². The molecule has 0 aliphatic carbocycles. The van der Waals surface area contributed by atoms with Gasteiger partial charge < -0.3 is 16.0 Å². The van der Waals surface area contributed by atoms with Crippen LogP contribution in [0.2, 0.25) is 5.02 Å². The highest BCUT2D eigenvalue weighted by Gasteiger charge is 2.32. The summed E-state index contributed by atoms with van der Waals surface area (Å²) in [7, 11) is 0. The van der Waals surface area contributed by atoms with Gasteiger partial charge in [0, 0.05) is 17.9 Å². The number of carbonyl (C=O) groups excluding carboxylic acids is 3. The molecule has 37 heavy (non-hydrogen) atoms. The molecule has 3 amide bonds. The number of hydrogen-bond donors (Lipinski definition) is 3. The molecule has 15 heteroatoms. The lowest BCUT2D eigenvalue weighted by atomic mass is 10.1. The molecule has 0 heterocycles. The second-order valence-electron chi connectivity index (χ2n) is 7.69. The Morgan fingerprint density at radius 3 is 2.27 bits per heavy atom. The van der Waals surface area contributed by atoms with Gasteiger partial charge in [-0.2, -0.15) is 13.2 Å². The third-order valence-corrected chi connectivity index (χ3v) is 6.55. The van der Waals surface area contributed by atoms with Gasteiger partial charge in [0.25, 0.3) is 5.91 Å². The van der Waals surface area contributed by atoms with Crippen LogP contribution in [0.1, 0.15) is 30.6 Å². The predicted octanol–water partition coefficient (Wildman–Crippen LogP) is 7.22. The second-order valence-corrected chi connectivity index (χ2v) is 11.0. The quantitative estimate of drug-likeness (QED) is 0.208. The zero-order chi connectivity index (χ0) is 28.1. The molecule has 202 valence electrons. The first kappa shape index (κ1) is 30.9. The molecule has 1 unspecified atom stereocenters. The van der Waals surface area contributed by atoms with E-state index in [1.165, 1.54) is 32.0 Å². The fraction of sp³-hybridized carbons (Fsp3) is 0.318. The number of amides is 3. The number of carbonyl (C=O) groups is 3. The number of benzene rings is 2. The summed E-state index contributed by atoms with van der Waals surface area (Å²) in [6.45, 7) is 2.91. The summed E-state index contributed by atoms with van der Waals surface area (Å²) in [5.74, 6) is -6.65. The summed E-state index contributed by atoms with van der Waals surface area (Å²) in [6.07, 6.45) is -0.668. The largest absolute Gasteiger partial charge is 0.441 e. The van der Waals surface area contributed by atoms with E-state index in [9.17, 15) is 36.3 Å². The molecular weight excluding hydrogens is 588 g/mol. The monoisotopic (exact) mass is 605 g/mol. The first-order valence-corrected chi connectivity index (χ1v) is 12.4. The van der Waals surface area contributed by atoms with E-state index in [2.05, 4.69) is 10.6 Å². The lowest BCUT2D eigenvalue weighted by molar-refractivity contribution is -0.119. The molecule has 0 spiro atoms. The van der Waals surface area contributed by atoms with E-state index >= 15 is 0 Å². The van der Waals surface area contributed by atoms with E-state index in [-0.39, 0.29) is 16.3 Å². The minimum Gasteiger partial charge on any atom is -0.326 e. The van der Waals surface area contributed by atoms with Crippen LogP contribution >= 0.6 is 46.6 Å². The Morgan fingerprint density at radius 1 is 1.03 bits per heavy atom. The first-order chi connectivity index (χ1) is 17.0. The summed E-state index contributed by atoms with van der Waals surface area (Å²) in [5, 5.41) is 6.49. The maximum Gasteiger partial charge on any atom is 0.441 e. The van der Waals surface area contributed by atoms with Crippen LogP contribution in [0.15, 0.2) is 30.3 Å². The standard InChI is InChI=1S/C22H19Cl3F5N3O3S/c1-10(21(2,24)25)19(35)31-11-3-4-13(23)12(9-11)20(36)32-15-6-5-14(26)18(17(15)27)33-16(34)7-8-37-22(28,29)30/h3-6,9-10H,7-8H2,1-2H3,(H,31,35)(H,32,36)(H,33,34). The molecule has 6 nitrogen and oxygen atoms in total. The normalized spacial score (nSPS) is 12.6. The topological polar surface area (TPSA) is 87.3 Å². The Hall–Kier alpha value is -2.28. The Balaban J connectivity index is 2.18. The lowest BCUT2D eigenvalue weighted by Gasteiger charge is -2.21. The summed E-state index contributed by atoms with van der Waals surface area (Å²) in [5.41, 5.74) is -6.11. The van der Waals surface area contributed by atoms with Gasteiger partial charge >= 0.3 is 5.51 Å². The fourth-order valence-electron chi connectivity index (χ4n) is 2.67. The third-order valence-electron chi connectivity index (χ3n) is 4.83. The minimum atomic E-state index is -4.56. The molecule has 0 aliphatic rings. The van der Waals surface area contributed by atoms with Gasteiger partial charge in [0.15, 0.2) is 5.82 Å². The van der Waals surface area contributed by atoms with E-state index in [4.69, 9.17) is 34.8 Å². The van der Waals surface area contributed by atoms with Gasteiger partial charge in [-0.15, -0.1) is 23.2 Å². The van der Waals surface area contributed by atoms with E-state index in [1.54, 1.807) is 0 Å². The van der Waals surface area contributed by atoms with E-state index in [1.807, 2.05) is 5.32 Å². The molecule has 2 rings (SSSR count). The number of rotatable bonds is 9. The SMILES string of the molecule is CC(C(=O)Nc1ccc(Cl)c(C(=O)Nc2ccc(F)c(NC(=O)CCSC(F)(F)F)c2F)c1)C(C)(Cl)Cl.